The molecule has 2 aromatic heterocycles. The number of anilines is 1. The van der Waals surface area contributed by atoms with Crippen molar-refractivity contribution < 1.29 is 28.9 Å². The molecule has 2 aromatic rings. The molecule has 11 nitrogen and oxygen atoms in total. The zero-order valence-electron chi connectivity index (χ0n) is 20.2. The fraction of sp³-hybridized carbons (Fsp3) is 0.609. The van der Waals surface area contributed by atoms with Crippen LogP contribution in [-0.4, -0.2) is 73.0 Å². The highest BCUT2D eigenvalue weighted by molar-refractivity contribution is 6.10. The number of aliphatic hydroxyl groups excluding tert-OH is 1. The summed E-state index contributed by atoms with van der Waals surface area (Å²) in [5.74, 6) is -0.984. The van der Waals surface area contributed by atoms with Gasteiger partial charge in [-0.05, 0) is 54.0 Å². The first-order valence-corrected chi connectivity index (χ1v) is 11.3. The quantitative estimate of drug-likeness (QED) is 0.622. The molecule has 1 saturated carbocycles. The largest absolute Gasteiger partial charge is 0.442 e. The minimum Gasteiger partial charge on any atom is -0.442 e. The molecule has 4 atom stereocenters. The van der Waals surface area contributed by atoms with Gasteiger partial charge in [-0.25, -0.2) is 14.8 Å². The van der Waals surface area contributed by atoms with Crippen molar-refractivity contribution in [2.45, 2.75) is 77.6 Å². The predicted octanol–water partition coefficient (Wildman–Crippen LogP) is 2.31. The van der Waals surface area contributed by atoms with E-state index in [4.69, 9.17) is 14.2 Å². The number of rotatable bonds is 5. The summed E-state index contributed by atoms with van der Waals surface area (Å²) in [4.78, 5) is 34.1. The molecule has 2 fully saturated rings. The van der Waals surface area contributed by atoms with E-state index in [0.29, 0.717) is 17.9 Å². The van der Waals surface area contributed by atoms with Gasteiger partial charge in [0.15, 0.2) is 5.79 Å². The fourth-order valence-corrected chi connectivity index (χ4v) is 4.41. The molecule has 0 radical (unpaired) electrons. The lowest BCUT2D eigenvalue weighted by atomic mass is 10.1. The van der Waals surface area contributed by atoms with Gasteiger partial charge in [0.25, 0.3) is 0 Å². The number of aliphatic hydroxyl groups is 1. The van der Waals surface area contributed by atoms with E-state index >= 15 is 0 Å². The molecule has 0 amide bonds. The van der Waals surface area contributed by atoms with Crippen molar-refractivity contribution in [2.24, 2.45) is 5.92 Å². The van der Waals surface area contributed by atoms with Crippen molar-refractivity contribution >= 4 is 17.7 Å². The maximum absolute atomic E-state index is 13.3. The summed E-state index contributed by atoms with van der Waals surface area (Å²) < 4.78 is 18.5. The second-order valence-corrected chi connectivity index (χ2v) is 10.2. The van der Waals surface area contributed by atoms with Crippen molar-refractivity contribution in [3.05, 3.63) is 35.5 Å². The summed E-state index contributed by atoms with van der Waals surface area (Å²) in [5, 5.41) is 17.3. The molecule has 3 heterocycles. The highest BCUT2D eigenvalue weighted by Gasteiger charge is 2.54. The normalized spacial score (nSPS) is 25.7. The summed E-state index contributed by atoms with van der Waals surface area (Å²) in [6.07, 6.45) is 2.11. The maximum atomic E-state index is 13.3. The molecule has 0 bridgehead atoms. The zero-order valence-corrected chi connectivity index (χ0v) is 20.2. The average Bonchev–Trinajstić information content (AvgIpc) is 3.37. The molecular formula is C23H31N5O6. The molecular weight excluding hydrogens is 442 g/mol. The van der Waals surface area contributed by atoms with E-state index in [1.54, 1.807) is 27.7 Å². The van der Waals surface area contributed by atoms with Gasteiger partial charge in [0, 0.05) is 24.4 Å². The van der Waals surface area contributed by atoms with Gasteiger partial charge in [0.05, 0.1) is 17.7 Å². The first-order valence-electron chi connectivity index (χ1n) is 11.3. The van der Waals surface area contributed by atoms with Gasteiger partial charge >= 0.3 is 6.09 Å². The number of carbonyl (C=O) groups is 2. The number of hydrogen-bond acceptors (Lipinski definition) is 10. The lowest BCUT2D eigenvalue weighted by molar-refractivity contribution is -0.158. The highest BCUT2D eigenvalue weighted by Crippen LogP contribution is 2.42. The van der Waals surface area contributed by atoms with E-state index in [1.807, 2.05) is 13.8 Å². The number of ether oxygens (including phenoxy) is 3. The van der Waals surface area contributed by atoms with Crippen molar-refractivity contribution in [3.63, 3.8) is 0 Å². The van der Waals surface area contributed by atoms with Gasteiger partial charge in [-0.2, -0.15) is 9.78 Å². The Balaban J connectivity index is 1.57. The molecule has 1 saturated heterocycles. The number of aromatic nitrogens is 4. The standard InChI is InChI=1S/C23H31N5O6/c1-12-7-15(27-28(12)21(31)34-22(2,3)4)17(30)14-9-24-11-25-20(14)26-16-8-13(10-29)18-19(16)33-23(5,6)32-18/h7,9,11,13,16,18-19,29H,8,10H2,1-6H3,(H,24,25,26)/t13-,16-,18-,19+/m1/s1. The number of carbonyl (C=O) groups excluding carboxylic acids is 2. The number of aryl methyl sites for hydroxylation is 1. The van der Waals surface area contributed by atoms with Crippen molar-refractivity contribution in [2.75, 3.05) is 11.9 Å². The third-order valence-corrected chi connectivity index (χ3v) is 5.78. The molecule has 2 N–H and O–H groups in total. The van der Waals surface area contributed by atoms with Gasteiger partial charge in [-0.15, -0.1) is 0 Å². The van der Waals surface area contributed by atoms with Crippen LogP contribution in [0.15, 0.2) is 18.6 Å². The Morgan fingerprint density at radius 3 is 2.68 bits per heavy atom. The monoisotopic (exact) mass is 473 g/mol. The van der Waals surface area contributed by atoms with Crippen LogP contribution >= 0.6 is 0 Å². The summed E-state index contributed by atoms with van der Waals surface area (Å²) in [6, 6.07) is 1.29. The van der Waals surface area contributed by atoms with E-state index in [0.717, 1.165) is 4.68 Å². The molecule has 0 aromatic carbocycles. The maximum Gasteiger partial charge on any atom is 0.435 e. The lowest BCUT2D eigenvalue weighted by Crippen LogP contribution is -2.35. The topological polar surface area (TPSA) is 138 Å². The Bertz CT molecular complexity index is 1090. The minimum absolute atomic E-state index is 0.0320. The summed E-state index contributed by atoms with van der Waals surface area (Å²) in [6.45, 7) is 10.6. The number of nitrogens with zero attached hydrogens (tertiary/aromatic N) is 4. The Labute approximate surface area is 197 Å². The number of hydrogen-bond donors (Lipinski definition) is 2. The predicted molar refractivity (Wildman–Crippen MR) is 120 cm³/mol. The smallest absolute Gasteiger partial charge is 0.435 e. The minimum atomic E-state index is -0.764. The van der Waals surface area contributed by atoms with Gasteiger partial charge in [0.1, 0.15) is 29.5 Å². The summed E-state index contributed by atoms with van der Waals surface area (Å²) in [7, 11) is 0. The van der Waals surface area contributed by atoms with Gasteiger partial charge in [-0.1, -0.05) is 0 Å². The number of ketones is 1. The van der Waals surface area contributed by atoms with Gasteiger partial charge in [-0.3, -0.25) is 4.79 Å². The van der Waals surface area contributed by atoms with Crippen LogP contribution in [0.1, 0.15) is 62.8 Å². The van der Waals surface area contributed by atoms with Crippen molar-refractivity contribution in [1.29, 1.82) is 0 Å². The van der Waals surface area contributed by atoms with E-state index in [9.17, 15) is 14.7 Å². The first-order chi connectivity index (χ1) is 15.9. The molecule has 1 aliphatic carbocycles. The summed E-state index contributed by atoms with van der Waals surface area (Å²) in [5.41, 5.74) is 0.0434. The van der Waals surface area contributed by atoms with Crippen LogP contribution in [0, 0.1) is 12.8 Å². The van der Waals surface area contributed by atoms with Crippen molar-refractivity contribution in [3.8, 4) is 0 Å². The molecule has 0 spiro atoms. The van der Waals surface area contributed by atoms with Crippen LogP contribution in [0.2, 0.25) is 0 Å². The SMILES string of the molecule is Cc1cc(C(=O)c2cncnc2N[C@@H]2C[C@H](CO)[C@H]3OC(C)(C)O[C@H]32)nn1C(=O)OC(C)(C)C. The van der Waals surface area contributed by atoms with E-state index in [-0.39, 0.29) is 42.0 Å². The molecule has 11 heteroatoms. The molecule has 184 valence electrons. The van der Waals surface area contributed by atoms with Crippen LogP contribution in [0.5, 0.6) is 0 Å². The number of nitrogens with one attached hydrogen (secondary N) is 1. The molecule has 2 aliphatic rings. The van der Waals surface area contributed by atoms with Crippen LogP contribution in [-0.2, 0) is 14.2 Å². The van der Waals surface area contributed by atoms with E-state index < -0.39 is 23.3 Å². The van der Waals surface area contributed by atoms with Crippen LogP contribution < -0.4 is 5.32 Å². The first kappa shape index (κ1) is 24.2. The Kier molecular flexibility index (Phi) is 6.21. The Morgan fingerprint density at radius 1 is 1.29 bits per heavy atom. The second kappa shape index (κ2) is 8.71. The zero-order chi connectivity index (χ0) is 24.8. The van der Waals surface area contributed by atoms with Crippen LogP contribution in [0.25, 0.3) is 0 Å². The number of fused-ring (bicyclic) bond motifs is 1. The van der Waals surface area contributed by atoms with E-state index in [2.05, 4.69) is 20.4 Å². The second-order valence-electron chi connectivity index (χ2n) is 10.2. The van der Waals surface area contributed by atoms with Gasteiger partial charge < -0.3 is 24.6 Å². The third-order valence-electron chi connectivity index (χ3n) is 5.78. The Morgan fingerprint density at radius 2 is 2.00 bits per heavy atom. The average molecular weight is 474 g/mol. The summed E-state index contributed by atoms with van der Waals surface area (Å²) >= 11 is 0. The lowest BCUT2D eigenvalue weighted by Gasteiger charge is -2.24. The van der Waals surface area contributed by atoms with E-state index in [1.165, 1.54) is 18.6 Å². The highest BCUT2D eigenvalue weighted by atomic mass is 16.8. The molecule has 4 rings (SSSR count). The molecule has 0 unspecified atom stereocenters. The van der Waals surface area contributed by atoms with Crippen LogP contribution in [0.3, 0.4) is 0 Å². The molecule has 34 heavy (non-hydrogen) atoms. The van der Waals surface area contributed by atoms with Crippen LogP contribution in [0.4, 0.5) is 10.6 Å². The Hall–Kier alpha value is -2.89. The van der Waals surface area contributed by atoms with Gasteiger partial charge in [0.2, 0.25) is 5.78 Å². The third kappa shape index (κ3) is 4.82. The molecule has 1 aliphatic heterocycles. The fourth-order valence-electron chi connectivity index (χ4n) is 4.41. The van der Waals surface area contributed by atoms with Crippen molar-refractivity contribution in [1.82, 2.24) is 19.7 Å².